The highest BCUT2D eigenvalue weighted by atomic mass is 32.1. The Morgan fingerprint density at radius 3 is 2.95 bits per heavy atom. The molecule has 2 unspecified atom stereocenters. The molecule has 1 saturated heterocycles. The third-order valence-electron chi connectivity index (χ3n) is 3.88. The molecular weight excluding hydrogens is 276 g/mol. The third kappa shape index (κ3) is 3.56. The van der Waals surface area contributed by atoms with Crippen LogP contribution < -0.4 is 0 Å². The van der Waals surface area contributed by atoms with E-state index in [2.05, 4.69) is 4.98 Å². The molecule has 2 atom stereocenters. The number of carboxylic acid groups (broad SMARTS) is 1. The van der Waals surface area contributed by atoms with Crippen molar-refractivity contribution in [3.8, 4) is 0 Å². The molecule has 0 aliphatic carbocycles. The molecule has 1 aromatic rings. The lowest BCUT2D eigenvalue weighted by Crippen LogP contribution is -2.42. The van der Waals surface area contributed by atoms with Crippen LogP contribution in [0.25, 0.3) is 0 Å². The lowest BCUT2D eigenvalue weighted by atomic mass is 9.84. The molecule has 2 rings (SSSR count). The molecule has 0 radical (unpaired) electrons. The summed E-state index contributed by atoms with van der Waals surface area (Å²) in [4.78, 5) is 29.2. The van der Waals surface area contributed by atoms with E-state index in [0.717, 1.165) is 24.4 Å². The van der Waals surface area contributed by atoms with Gasteiger partial charge in [-0.15, -0.1) is 11.3 Å². The zero-order valence-corrected chi connectivity index (χ0v) is 12.7. The van der Waals surface area contributed by atoms with Gasteiger partial charge in [0.25, 0.3) is 5.91 Å². The Labute approximate surface area is 122 Å². The molecule has 1 aliphatic heterocycles. The van der Waals surface area contributed by atoms with E-state index in [9.17, 15) is 9.59 Å². The number of thiazole rings is 1. The van der Waals surface area contributed by atoms with Crippen molar-refractivity contribution in [2.24, 2.45) is 11.8 Å². The highest BCUT2D eigenvalue weighted by molar-refractivity contribution is 7.09. The summed E-state index contributed by atoms with van der Waals surface area (Å²) in [6.45, 7) is 5.23. The largest absolute Gasteiger partial charge is 0.481 e. The zero-order valence-electron chi connectivity index (χ0n) is 11.8. The summed E-state index contributed by atoms with van der Waals surface area (Å²) in [7, 11) is 0. The SMILES string of the molecule is Cc1nc(C(=O)N2CCCC(C(C)CC(=O)O)C2)cs1. The van der Waals surface area contributed by atoms with E-state index in [1.165, 1.54) is 11.3 Å². The molecule has 6 heteroatoms. The van der Waals surface area contributed by atoms with Crippen molar-refractivity contribution in [2.45, 2.75) is 33.1 Å². The molecule has 1 N–H and O–H groups in total. The molecule has 5 nitrogen and oxygen atoms in total. The molecule has 1 aromatic heterocycles. The first-order valence-corrected chi connectivity index (χ1v) is 7.78. The highest BCUT2D eigenvalue weighted by Gasteiger charge is 2.29. The minimum atomic E-state index is -0.768. The number of rotatable bonds is 4. The van der Waals surface area contributed by atoms with E-state index >= 15 is 0 Å². The molecule has 110 valence electrons. The second-order valence-electron chi connectivity index (χ2n) is 5.48. The minimum Gasteiger partial charge on any atom is -0.481 e. The second-order valence-corrected chi connectivity index (χ2v) is 6.54. The van der Waals surface area contributed by atoms with Gasteiger partial charge >= 0.3 is 5.97 Å². The Kier molecular flexibility index (Phi) is 4.75. The first kappa shape index (κ1) is 15.0. The number of carboxylic acids is 1. The van der Waals surface area contributed by atoms with Gasteiger partial charge in [-0.1, -0.05) is 6.92 Å². The first-order valence-electron chi connectivity index (χ1n) is 6.90. The average molecular weight is 296 g/mol. The Balaban J connectivity index is 1.99. The maximum atomic E-state index is 12.4. The van der Waals surface area contributed by atoms with Gasteiger partial charge < -0.3 is 10.0 Å². The van der Waals surface area contributed by atoms with Gasteiger partial charge in [-0.25, -0.2) is 4.98 Å². The monoisotopic (exact) mass is 296 g/mol. The number of aryl methyl sites for hydroxylation is 1. The summed E-state index contributed by atoms with van der Waals surface area (Å²) in [5.74, 6) is -0.429. The number of amides is 1. The molecule has 1 fully saturated rings. The van der Waals surface area contributed by atoms with Crippen molar-refractivity contribution in [1.82, 2.24) is 9.88 Å². The van der Waals surface area contributed by atoms with Crippen LogP contribution in [0.15, 0.2) is 5.38 Å². The van der Waals surface area contributed by atoms with Crippen molar-refractivity contribution >= 4 is 23.2 Å². The van der Waals surface area contributed by atoms with Crippen molar-refractivity contribution in [1.29, 1.82) is 0 Å². The average Bonchev–Trinajstić information content (AvgIpc) is 2.84. The van der Waals surface area contributed by atoms with Crippen LogP contribution in [0.1, 0.15) is 41.7 Å². The molecule has 0 saturated carbocycles. The van der Waals surface area contributed by atoms with Gasteiger partial charge in [-0.3, -0.25) is 9.59 Å². The molecule has 1 aliphatic rings. The quantitative estimate of drug-likeness (QED) is 0.926. The molecule has 20 heavy (non-hydrogen) atoms. The standard InChI is InChI=1S/C14H20N2O3S/c1-9(6-13(17)18)11-4-3-5-16(7-11)14(19)12-8-20-10(2)15-12/h8-9,11H,3-7H2,1-2H3,(H,17,18). The molecule has 0 spiro atoms. The van der Waals surface area contributed by atoms with E-state index in [1.54, 1.807) is 5.38 Å². The first-order chi connectivity index (χ1) is 9.47. The van der Waals surface area contributed by atoms with Gasteiger partial charge in [0.05, 0.1) is 5.01 Å². The number of hydrogen-bond donors (Lipinski definition) is 1. The Morgan fingerprint density at radius 1 is 1.60 bits per heavy atom. The van der Waals surface area contributed by atoms with Crippen LogP contribution in [0.3, 0.4) is 0 Å². The van der Waals surface area contributed by atoms with Crippen molar-refractivity contribution in [3.63, 3.8) is 0 Å². The lowest BCUT2D eigenvalue weighted by Gasteiger charge is -2.35. The second kappa shape index (κ2) is 6.35. The number of nitrogens with zero attached hydrogens (tertiary/aromatic N) is 2. The Bertz CT molecular complexity index is 500. The van der Waals surface area contributed by atoms with Crippen LogP contribution in [-0.2, 0) is 4.79 Å². The predicted molar refractivity (Wildman–Crippen MR) is 76.9 cm³/mol. The van der Waals surface area contributed by atoms with E-state index in [1.807, 2.05) is 18.7 Å². The lowest BCUT2D eigenvalue weighted by molar-refractivity contribution is -0.138. The van der Waals surface area contributed by atoms with Crippen LogP contribution in [0.5, 0.6) is 0 Å². The molecular formula is C14H20N2O3S. The number of hydrogen-bond acceptors (Lipinski definition) is 4. The molecule has 1 amide bonds. The summed E-state index contributed by atoms with van der Waals surface area (Å²) in [6.07, 6.45) is 2.10. The normalized spacial score (nSPS) is 20.7. The maximum absolute atomic E-state index is 12.4. The van der Waals surface area contributed by atoms with E-state index < -0.39 is 5.97 Å². The number of carbonyl (C=O) groups is 2. The third-order valence-corrected chi connectivity index (χ3v) is 4.66. The van der Waals surface area contributed by atoms with Crippen molar-refractivity contribution in [3.05, 3.63) is 16.1 Å². The summed E-state index contributed by atoms with van der Waals surface area (Å²) in [5.41, 5.74) is 0.513. The van der Waals surface area contributed by atoms with Gasteiger partial charge in [0.1, 0.15) is 5.69 Å². The van der Waals surface area contributed by atoms with Crippen LogP contribution in [0.4, 0.5) is 0 Å². The summed E-state index contributed by atoms with van der Waals surface area (Å²) in [6, 6.07) is 0. The summed E-state index contributed by atoms with van der Waals surface area (Å²) >= 11 is 1.48. The van der Waals surface area contributed by atoms with E-state index in [-0.39, 0.29) is 24.2 Å². The number of carbonyl (C=O) groups excluding carboxylic acids is 1. The van der Waals surface area contributed by atoms with Gasteiger partial charge in [-0.05, 0) is 31.6 Å². The van der Waals surface area contributed by atoms with Crippen molar-refractivity contribution in [2.75, 3.05) is 13.1 Å². The molecule has 0 bridgehead atoms. The fraction of sp³-hybridized carbons (Fsp3) is 0.643. The van der Waals surface area contributed by atoms with Crippen LogP contribution in [-0.4, -0.2) is 40.0 Å². The maximum Gasteiger partial charge on any atom is 0.303 e. The Morgan fingerprint density at radius 2 is 2.35 bits per heavy atom. The molecule has 0 aromatic carbocycles. The van der Waals surface area contributed by atoms with Crippen LogP contribution >= 0.6 is 11.3 Å². The number of likely N-dealkylation sites (tertiary alicyclic amines) is 1. The summed E-state index contributed by atoms with van der Waals surface area (Å²) in [5, 5.41) is 11.6. The van der Waals surface area contributed by atoms with Gasteiger partial charge in [0.15, 0.2) is 0 Å². The van der Waals surface area contributed by atoms with Crippen molar-refractivity contribution < 1.29 is 14.7 Å². The predicted octanol–water partition coefficient (Wildman–Crippen LogP) is 2.41. The summed E-state index contributed by atoms with van der Waals surface area (Å²) < 4.78 is 0. The van der Waals surface area contributed by atoms with E-state index in [4.69, 9.17) is 5.11 Å². The van der Waals surface area contributed by atoms with E-state index in [0.29, 0.717) is 12.2 Å². The van der Waals surface area contributed by atoms with Crippen LogP contribution in [0.2, 0.25) is 0 Å². The number of piperidine rings is 1. The number of aliphatic carboxylic acids is 1. The topological polar surface area (TPSA) is 70.5 Å². The number of aromatic nitrogens is 1. The Hall–Kier alpha value is -1.43. The van der Waals surface area contributed by atoms with Gasteiger partial charge in [0, 0.05) is 24.9 Å². The fourth-order valence-electron chi connectivity index (χ4n) is 2.72. The van der Waals surface area contributed by atoms with Gasteiger partial charge in [0.2, 0.25) is 0 Å². The van der Waals surface area contributed by atoms with Crippen LogP contribution in [0, 0.1) is 18.8 Å². The minimum absolute atomic E-state index is 0.0263. The fourth-order valence-corrected chi connectivity index (χ4v) is 3.31. The van der Waals surface area contributed by atoms with Gasteiger partial charge in [-0.2, -0.15) is 0 Å². The highest BCUT2D eigenvalue weighted by Crippen LogP contribution is 2.27. The molecule has 2 heterocycles. The smallest absolute Gasteiger partial charge is 0.303 e. The zero-order chi connectivity index (χ0) is 14.7.